The normalized spacial score (nSPS) is 7.85. The van der Waals surface area contributed by atoms with E-state index in [1.165, 1.54) is 12.1 Å². The summed E-state index contributed by atoms with van der Waals surface area (Å²) >= 11 is 0. The standard InChI is InChI=1S/C7H12N2.2C2H6/c1-3-4-9-6-8-5-7(9)2;2*1-2/h5-6H,3-4H2,1-2H3;2*1-2H3. The van der Waals surface area contributed by atoms with Gasteiger partial charge in [0.05, 0.1) is 6.33 Å². The fraction of sp³-hybridized carbons (Fsp3) is 0.727. The zero-order valence-corrected chi connectivity index (χ0v) is 9.96. The minimum Gasteiger partial charge on any atom is -0.335 e. The molecule has 0 aromatic carbocycles. The minimum atomic E-state index is 1.09. The first-order valence-corrected chi connectivity index (χ1v) is 5.31. The van der Waals surface area contributed by atoms with Crippen molar-refractivity contribution in [2.75, 3.05) is 0 Å². The molecule has 78 valence electrons. The van der Waals surface area contributed by atoms with Gasteiger partial charge in [-0.05, 0) is 13.3 Å². The summed E-state index contributed by atoms with van der Waals surface area (Å²) in [5, 5.41) is 0. The van der Waals surface area contributed by atoms with Crippen LogP contribution in [0, 0.1) is 6.92 Å². The van der Waals surface area contributed by atoms with E-state index in [9.17, 15) is 0 Å². The van der Waals surface area contributed by atoms with Gasteiger partial charge in [-0.15, -0.1) is 0 Å². The van der Waals surface area contributed by atoms with Crippen molar-refractivity contribution in [1.29, 1.82) is 0 Å². The molecular formula is C11H24N2. The molecule has 0 aliphatic heterocycles. The van der Waals surface area contributed by atoms with Crippen LogP contribution in [0.25, 0.3) is 0 Å². The zero-order valence-electron chi connectivity index (χ0n) is 9.96. The van der Waals surface area contributed by atoms with Gasteiger partial charge in [0.15, 0.2) is 0 Å². The topological polar surface area (TPSA) is 17.8 Å². The van der Waals surface area contributed by atoms with Crippen LogP contribution < -0.4 is 0 Å². The first-order valence-electron chi connectivity index (χ1n) is 5.31. The number of imidazole rings is 1. The van der Waals surface area contributed by atoms with Gasteiger partial charge in [-0.1, -0.05) is 34.6 Å². The van der Waals surface area contributed by atoms with E-state index in [4.69, 9.17) is 0 Å². The van der Waals surface area contributed by atoms with Crippen LogP contribution >= 0.6 is 0 Å². The summed E-state index contributed by atoms with van der Waals surface area (Å²) in [4.78, 5) is 4.00. The second kappa shape index (κ2) is 11.2. The Bertz CT molecular complexity index is 180. The van der Waals surface area contributed by atoms with E-state index in [2.05, 4.69) is 23.4 Å². The third-order valence-corrected chi connectivity index (χ3v) is 1.38. The van der Waals surface area contributed by atoms with E-state index in [1.807, 2.05) is 40.2 Å². The van der Waals surface area contributed by atoms with Crippen LogP contribution in [0.4, 0.5) is 0 Å². The Morgan fingerprint density at radius 2 is 1.77 bits per heavy atom. The van der Waals surface area contributed by atoms with Crippen LogP contribution in [0.5, 0.6) is 0 Å². The largest absolute Gasteiger partial charge is 0.335 e. The summed E-state index contributed by atoms with van der Waals surface area (Å²) in [6.07, 6.45) is 4.94. The monoisotopic (exact) mass is 184 g/mol. The van der Waals surface area contributed by atoms with E-state index in [0.29, 0.717) is 0 Å². The Hall–Kier alpha value is -0.790. The van der Waals surface area contributed by atoms with Gasteiger partial charge in [0.1, 0.15) is 0 Å². The highest BCUT2D eigenvalue weighted by molar-refractivity contribution is 4.93. The van der Waals surface area contributed by atoms with Crippen LogP contribution in [0.2, 0.25) is 0 Å². The first kappa shape index (κ1) is 14.7. The van der Waals surface area contributed by atoms with Crippen LogP contribution in [-0.4, -0.2) is 9.55 Å². The van der Waals surface area contributed by atoms with Gasteiger partial charge in [0.25, 0.3) is 0 Å². The number of hydrogen-bond donors (Lipinski definition) is 0. The second-order valence-corrected chi connectivity index (χ2v) is 2.23. The smallest absolute Gasteiger partial charge is 0.0948 e. The van der Waals surface area contributed by atoms with Crippen molar-refractivity contribution in [2.24, 2.45) is 0 Å². The summed E-state index contributed by atoms with van der Waals surface area (Å²) in [5.41, 5.74) is 1.25. The van der Waals surface area contributed by atoms with Crippen LogP contribution in [0.1, 0.15) is 46.7 Å². The minimum absolute atomic E-state index is 1.09. The fourth-order valence-corrected chi connectivity index (χ4v) is 0.862. The van der Waals surface area contributed by atoms with Crippen molar-refractivity contribution in [2.45, 2.75) is 54.5 Å². The molecule has 0 spiro atoms. The van der Waals surface area contributed by atoms with E-state index < -0.39 is 0 Å². The maximum atomic E-state index is 4.00. The lowest BCUT2D eigenvalue weighted by Gasteiger charge is -1.99. The summed E-state index contributed by atoms with van der Waals surface area (Å²) in [6.45, 7) is 13.3. The van der Waals surface area contributed by atoms with E-state index in [-0.39, 0.29) is 0 Å². The molecule has 0 unspecified atom stereocenters. The fourth-order valence-electron chi connectivity index (χ4n) is 0.862. The Kier molecular flexibility index (Phi) is 12.7. The lowest BCUT2D eigenvalue weighted by molar-refractivity contribution is 0.662. The first-order chi connectivity index (χ1) is 6.34. The van der Waals surface area contributed by atoms with E-state index >= 15 is 0 Å². The number of aryl methyl sites for hydroxylation is 2. The molecule has 1 aromatic rings. The lowest BCUT2D eigenvalue weighted by Crippen LogP contribution is -1.95. The summed E-state index contributed by atoms with van der Waals surface area (Å²) in [7, 11) is 0. The molecule has 2 nitrogen and oxygen atoms in total. The number of rotatable bonds is 2. The molecule has 1 heterocycles. The SMILES string of the molecule is CC.CC.CCCn1cncc1C. The van der Waals surface area contributed by atoms with Gasteiger partial charge in [-0.2, -0.15) is 0 Å². The quantitative estimate of drug-likeness (QED) is 0.686. The van der Waals surface area contributed by atoms with Crippen molar-refractivity contribution < 1.29 is 0 Å². The number of nitrogens with zero attached hydrogens (tertiary/aromatic N) is 2. The van der Waals surface area contributed by atoms with Crippen LogP contribution in [0.3, 0.4) is 0 Å². The summed E-state index contributed by atoms with van der Waals surface area (Å²) < 4.78 is 2.15. The van der Waals surface area contributed by atoms with Gasteiger partial charge < -0.3 is 4.57 Å². The van der Waals surface area contributed by atoms with Gasteiger partial charge >= 0.3 is 0 Å². The van der Waals surface area contributed by atoms with E-state index in [1.54, 1.807) is 0 Å². The molecule has 1 aromatic heterocycles. The Balaban J connectivity index is 0. The van der Waals surface area contributed by atoms with Crippen molar-refractivity contribution in [1.82, 2.24) is 9.55 Å². The molecule has 1 rings (SSSR count). The maximum absolute atomic E-state index is 4.00. The van der Waals surface area contributed by atoms with Gasteiger partial charge in [0.2, 0.25) is 0 Å². The molecule has 2 heteroatoms. The Labute approximate surface area is 83.0 Å². The molecule has 0 saturated carbocycles. The molecule has 0 saturated heterocycles. The molecule has 0 N–H and O–H groups in total. The Morgan fingerprint density at radius 3 is 2.08 bits per heavy atom. The summed E-state index contributed by atoms with van der Waals surface area (Å²) in [5.74, 6) is 0. The lowest BCUT2D eigenvalue weighted by atomic mass is 10.4. The van der Waals surface area contributed by atoms with Crippen molar-refractivity contribution in [3.8, 4) is 0 Å². The van der Waals surface area contributed by atoms with Crippen molar-refractivity contribution in [3.05, 3.63) is 18.2 Å². The van der Waals surface area contributed by atoms with Crippen LogP contribution in [-0.2, 0) is 6.54 Å². The highest BCUT2D eigenvalue weighted by atomic mass is 15.0. The second-order valence-electron chi connectivity index (χ2n) is 2.23. The molecule has 0 fully saturated rings. The molecular weight excluding hydrogens is 160 g/mol. The van der Waals surface area contributed by atoms with E-state index in [0.717, 1.165) is 6.54 Å². The molecule has 0 atom stereocenters. The molecule has 13 heavy (non-hydrogen) atoms. The molecule has 0 amide bonds. The highest BCUT2D eigenvalue weighted by Gasteiger charge is 1.91. The van der Waals surface area contributed by atoms with Gasteiger partial charge in [-0.25, -0.2) is 4.98 Å². The highest BCUT2D eigenvalue weighted by Crippen LogP contribution is 1.96. The van der Waals surface area contributed by atoms with Gasteiger partial charge in [0, 0.05) is 18.4 Å². The van der Waals surface area contributed by atoms with Crippen molar-refractivity contribution >= 4 is 0 Å². The molecule has 0 radical (unpaired) electrons. The Morgan fingerprint density at radius 1 is 1.23 bits per heavy atom. The number of hydrogen-bond acceptors (Lipinski definition) is 1. The van der Waals surface area contributed by atoms with Crippen LogP contribution in [0.15, 0.2) is 12.5 Å². The molecule has 0 aliphatic carbocycles. The molecule has 0 bridgehead atoms. The maximum Gasteiger partial charge on any atom is 0.0948 e. The van der Waals surface area contributed by atoms with Gasteiger partial charge in [-0.3, -0.25) is 0 Å². The predicted molar refractivity (Wildman–Crippen MR) is 60.0 cm³/mol. The zero-order chi connectivity index (χ0) is 10.7. The average Bonchev–Trinajstić information content (AvgIpc) is 2.60. The third-order valence-electron chi connectivity index (χ3n) is 1.38. The third kappa shape index (κ3) is 6.38. The predicted octanol–water partition coefficient (Wildman–Crippen LogP) is 3.65. The summed E-state index contributed by atoms with van der Waals surface area (Å²) in [6, 6.07) is 0. The average molecular weight is 184 g/mol. The molecule has 0 aliphatic rings. The van der Waals surface area contributed by atoms with Crippen molar-refractivity contribution in [3.63, 3.8) is 0 Å². The number of aromatic nitrogens is 2.